The van der Waals surface area contributed by atoms with Crippen LogP contribution < -0.4 is 9.80 Å². The number of para-hydroxylation sites is 2. The topological polar surface area (TPSA) is 6.48 Å². The molecule has 0 saturated carbocycles. The summed E-state index contributed by atoms with van der Waals surface area (Å²) in [6, 6.07) is 81.6. The SMILES string of the molecule is CC1(C)c2ccccc2-c2ccc(N(c3ccc4c(c3)N(c3ccccc3)c3ccccc3C4(c3ccccc3)c3ccccc3)c3ccc4c(c3)C(C)(C)c3ccccc3-4)cc21. The van der Waals surface area contributed by atoms with Gasteiger partial charge in [-0.05, 0) is 121 Å². The summed E-state index contributed by atoms with van der Waals surface area (Å²) in [5.74, 6) is 0. The molecule has 12 rings (SSSR count). The third kappa shape index (κ3) is 5.31. The zero-order valence-corrected chi connectivity index (χ0v) is 36.2. The van der Waals surface area contributed by atoms with Gasteiger partial charge in [-0.3, -0.25) is 0 Å². The molecule has 0 N–H and O–H groups in total. The first-order valence-electron chi connectivity index (χ1n) is 22.3. The minimum absolute atomic E-state index is 0.149. The van der Waals surface area contributed by atoms with E-state index in [4.69, 9.17) is 0 Å². The Balaban J connectivity index is 1.14. The summed E-state index contributed by atoms with van der Waals surface area (Å²) >= 11 is 0. The Hall–Kier alpha value is -7.42. The van der Waals surface area contributed by atoms with Crippen LogP contribution in [0.1, 0.15) is 72.2 Å². The predicted molar refractivity (Wildman–Crippen MR) is 263 cm³/mol. The Morgan fingerprint density at radius 1 is 0.317 bits per heavy atom. The van der Waals surface area contributed by atoms with Gasteiger partial charge in [-0.1, -0.05) is 191 Å². The molecule has 0 aromatic heterocycles. The van der Waals surface area contributed by atoms with E-state index in [2.05, 4.69) is 256 Å². The minimum Gasteiger partial charge on any atom is -0.310 e. The number of fused-ring (bicyclic) bond motifs is 8. The monoisotopic (exact) mass is 808 g/mol. The molecular weight excluding hydrogens is 761 g/mol. The molecule has 0 atom stereocenters. The molecule has 1 heterocycles. The summed E-state index contributed by atoms with van der Waals surface area (Å²) < 4.78 is 0. The van der Waals surface area contributed by atoms with Gasteiger partial charge in [0.15, 0.2) is 0 Å². The van der Waals surface area contributed by atoms with Crippen LogP contribution in [0.2, 0.25) is 0 Å². The molecule has 0 fully saturated rings. The highest BCUT2D eigenvalue weighted by Gasteiger charge is 2.47. The van der Waals surface area contributed by atoms with Gasteiger partial charge < -0.3 is 9.80 Å². The number of benzene rings is 9. The van der Waals surface area contributed by atoms with Gasteiger partial charge in [0.25, 0.3) is 0 Å². The van der Waals surface area contributed by atoms with Crippen molar-refractivity contribution in [3.05, 3.63) is 263 Å². The van der Waals surface area contributed by atoms with E-state index in [1.165, 1.54) is 72.4 Å². The van der Waals surface area contributed by atoms with Gasteiger partial charge in [-0.15, -0.1) is 0 Å². The minimum atomic E-state index is -0.587. The zero-order chi connectivity index (χ0) is 42.5. The van der Waals surface area contributed by atoms with E-state index in [0.29, 0.717) is 0 Å². The average Bonchev–Trinajstić information content (AvgIpc) is 3.70. The third-order valence-electron chi connectivity index (χ3n) is 14.5. The first-order chi connectivity index (χ1) is 30.8. The summed E-state index contributed by atoms with van der Waals surface area (Å²) in [4.78, 5) is 5.00. The molecule has 0 spiro atoms. The fourth-order valence-electron chi connectivity index (χ4n) is 11.6. The van der Waals surface area contributed by atoms with E-state index in [1.54, 1.807) is 0 Å². The maximum Gasteiger partial charge on any atom is 0.0742 e. The van der Waals surface area contributed by atoms with Crippen molar-refractivity contribution in [3.8, 4) is 22.3 Å². The molecular formula is C61H48N2. The number of rotatable bonds is 6. The number of anilines is 6. The van der Waals surface area contributed by atoms with Crippen LogP contribution in [-0.4, -0.2) is 0 Å². The van der Waals surface area contributed by atoms with Crippen molar-refractivity contribution in [2.24, 2.45) is 0 Å². The number of nitrogens with zero attached hydrogens (tertiary/aromatic N) is 2. The van der Waals surface area contributed by atoms with Crippen LogP contribution in [0.15, 0.2) is 218 Å². The van der Waals surface area contributed by atoms with Crippen LogP contribution in [0.3, 0.4) is 0 Å². The second kappa shape index (κ2) is 13.8. The van der Waals surface area contributed by atoms with E-state index >= 15 is 0 Å². The van der Waals surface area contributed by atoms with Crippen LogP contribution in [0.25, 0.3) is 22.3 Å². The largest absolute Gasteiger partial charge is 0.310 e. The third-order valence-corrected chi connectivity index (χ3v) is 14.5. The molecule has 0 amide bonds. The molecule has 63 heavy (non-hydrogen) atoms. The van der Waals surface area contributed by atoms with Crippen molar-refractivity contribution < 1.29 is 0 Å². The normalized spacial score (nSPS) is 15.3. The Morgan fingerprint density at radius 3 is 1.25 bits per heavy atom. The van der Waals surface area contributed by atoms with Gasteiger partial charge in [0.05, 0.1) is 16.8 Å². The molecule has 302 valence electrons. The Morgan fingerprint density at radius 2 is 0.714 bits per heavy atom. The van der Waals surface area contributed by atoms with Crippen LogP contribution in [0, 0.1) is 0 Å². The van der Waals surface area contributed by atoms with Crippen LogP contribution >= 0.6 is 0 Å². The molecule has 9 aromatic rings. The molecule has 1 aliphatic heterocycles. The summed E-state index contributed by atoms with van der Waals surface area (Å²) in [5, 5.41) is 0. The Labute approximate surface area is 371 Å². The molecule has 0 unspecified atom stereocenters. The van der Waals surface area contributed by atoms with Crippen molar-refractivity contribution in [1.29, 1.82) is 0 Å². The summed E-state index contributed by atoms with van der Waals surface area (Å²) in [6.07, 6.45) is 0. The zero-order valence-electron chi connectivity index (χ0n) is 36.2. The van der Waals surface area contributed by atoms with E-state index in [0.717, 1.165) is 28.4 Å². The second-order valence-corrected chi connectivity index (χ2v) is 18.5. The lowest BCUT2D eigenvalue weighted by atomic mass is 9.62. The van der Waals surface area contributed by atoms with Gasteiger partial charge >= 0.3 is 0 Å². The van der Waals surface area contributed by atoms with Crippen molar-refractivity contribution in [2.45, 2.75) is 43.9 Å². The lowest BCUT2D eigenvalue weighted by molar-refractivity contribution is 0.660. The smallest absolute Gasteiger partial charge is 0.0742 e. The van der Waals surface area contributed by atoms with Gasteiger partial charge in [-0.2, -0.15) is 0 Å². The standard InChI is InChI=1S/C61H48N2/c1-59(2)51-28-16-14-26-47(51)49-35-32-44(38-55(49)59)62(45-33-36-50-48-27-15-17-29-52(48)60(3,4)56(50)39-45)46-34-37-54-58(40-46)63(43-24-12-7-13-25-43)57-31-19-18-30-53(57)61(54,41-20-8-5-9-21-41)42-22-10-6-11-23-42/h5-40H,1-4H3. The van der Waals surface area contributed by atoms with Crippen molar-refractivity contribution in [3.63, 3.8) is 0 Å². The Kier molecular flexibility index (Phi) is 8.18. The van der Waals surface area contributed by atoms with Gasteiger partial charge in [0.2, 0.25) is 0 Å². The fraction of sp³-hybridized carbons (Fsp3) is 0.115. The van der Waals surface area contributed by atoms with E-state index in [-0.39, 0.29) is 10.8 Å². The maximum atomic E-state index is 2.51. The lowest BCUT2D eigenvalue weighted by Crippen LogP contribution is -2.37. The molecule has 0 radical (unpaired) electrons. The fourth-order valence-corrected chi connectivity index (χ4v) is 11.6. The highest BCUT2D eigenvalue weighted by atomic mass is 15.2. The van der Waals surface area contributed by atoms with Crippen molar-refractivity contribution in [2.75, 3.05) is 9.80 Å². The first-order valence-corrected chi connectivity index (χ1v) is 22.3. The maximum absolute atomic E-state index is 2.51. The second-order valence-electron chi connectivity index (χ2n) is 18.5. The van der Waals surface area contributed by atoms with Crippen LogP contribution in [-0.2, 0) is 16.2 Å². The van der Waals surface area contributed by atoms with Gasteiger partial charge in [-0.25, -0.2) is 0 Å². The van der Waals surface area contributed by atoms with Gasteiger partial charge in [0, 0.05) is 33.6 Å². The summed E-state index contributed by atoms with van der Waals surface area (Å²) in [6.45, 7) is 9.51. The summed E-state index contributed by atoms with van der Waals surface area (Å²) in [5.41, 5.74) is 21.7. The van der Waals surface area contributed by atoms with E-state index in [1.807, 2.05) is 0 Å². The van der Waals surface area contributed by atoms with Crippen LogP contribution in [0.4, 0.5) is 34.1 Å². The quantitative estimate of drug-likeness (QED) is 0.165. The molecule has 3 aliphatic rings. The van der Waals surface area contributed by atoms with Crippen molar-refractivity contribution in [1.82, 2.24) is 0 Å². The molecule has 9 aromatic carbocycles. The average molecular weight is 809 g/mol. The van der Waals surface area contributed by atoms with Crippen molar-refractivity contribution >= 4 is 34.1 Å². The molecule has 0 bridgehead atoms. The number of hydrogen-bond donors (Lipinski definition) is 0. The first kappa shape index (κ1) is 37.4. The Bertz CT molecular complexity index is 3090. The highest BCUT2D eigenvalue weighted by molar-refractivity contribution is 5.94. The van der Waals surface area contributed by atoms with E-state index < -0.39 is 5.41 Å². The van der Waals surface area contributed by atoms with E-state index in [9.17, 15) is 0 Å². The van der Waals surface area contributed by atoms with Gasteiger partial charge in [0.1, 0.15) is 0 Å². The molecule has 2 nitrogen and oxygen atoms in total. The predicted octanol–water partition coefficient (Wildman–Crippen LogP) is 15.9. The summed E-state index contributed by atoms with van der Waals surface area (Å²) in [7, 11) is 0. The highest BCUT2D eigenvalue weighted by Crippen LogP contribution is 2.59. The lowest BCUT2D eigenvalue weighted by Gasteiger charge is -2.47. The molecule has 2 heteroatoms. The molecule has 2 aliphatic carbocycles. The molecule has 0 saturated heterocycles. The number of hydrogen-bond acceptors (Lipinski definition) is 2. The van der Waals surface area contributed by atoms with Crippen LogP contribution in [0.5, 0.6) is 0 Å².